The lowest BCUT2D eigenvalue weighted by molar-refractivity contribution is -0.153. The zero-order valence-corrected chi connectivity index (χ0v) is 10.9. The second-order valence-corrected chi connectivity index (χ2v) is 5.36. The molecule has 1 aliphatic heterocycles. The summed E-state index contributed by atoms with van der Waals surface area (Å²) in [5.74, 6) is -0.776. The molecule has 0 spiro atoms. The highest BCUT2D eigenvalue weighted by Gasteiger charge is 2.38. The summed E-state index contributed by atoms with van der Waals surface area (Å²) in [5.41, 5.74) is -0.818. The number of carbonyl (C=O) groups is 1. The van der Waals surface area contributed by atoms with E-state index in [0.29, 0.717) is 0 Å². The second kappa shape index (κ2) is 4.72. The van der Waals surface area contributed by atoms with Gasteiger partial charge >= 0.3 is 5.97 Å². The highest BCUT2D eigenvalue weighted by Crippen LogP contribution is 2.27. The highest BCUT2D eigenvalue weighted by molar-refractivity contribution is 5.77. The van der Waals surface area contributed by atoms with Crippen LogP contribution in [0.3, 0.4) is 0 Å². The van der Waals surface area contributed by atoms with Gasteiger partial charge in [-0.25, -0.2) is 0 Å². The summed E-state index contributed by atoms with van der Waals surface area (Å²) in [5, 5.41) is 9.20. The van der Waals surface area contributed by atoms with Gasteiger partial charge in [0.2, 0.25) is 0 Å². The van der Waals surface area contributed by atoms with Gasteiger partial charge in [0, 0.05) is 6.04 Å². The fourth-order valence-electron chi connectivity index (χ4n) is 2.29. The van der Waals surface area contributed by atoms with Crippen LogP contribution < -0.4 is 0 Å². The molecule has 1 heterocycles. The Balaban J connectivity index is 2.73. The lowest BCUT2D eigenvalue weighted by atomic mass is 9.93. The molecule has 94 valence electrons. The van der Waals surface area contributed by atoms with Gasteiger partial charge in [0.05, 0.1) is 12.2 Å². The Hall–Kier alpha value is -0.610. The van der Waals surface area contributed by atoms with Gasteiger partial charge < -0.3 is 9.84 Å². The predicted octanol–water partition coefficient (Wildman–Crippen LogP) is 1.74. The molecule has 4 heteroatoms. The zero-order chi connectivity index (χ0) is 12.5. The number of hydrogen-bond acceptors (Lipinski definition) is 3. The lowest BCUT2D eigenvalue weighted by Gasteiger charge is -2.43. The van der Waals surface area contributed by atoms with Crippen LogP contribution >= 0.6 is 0 Å². The largest absolute Gasteiger partial charge is 0.480 e. The molecular formula is C12H23NO3. The average molecular weight is 229 g/mol. The first-order valence-corrected chi connectivity index (χ1v) is 5.87. The van der Waals surface area contributed by atoms with E-state index in [1.807, 2.05) is 25.8 Å². The Morgan fingerprint density at radius 3 is 2.12 bits per heavy atom. The van der Waals surface area contributed by atoms with Gasteiger partial charge in [0.25, 0.3) is 0 Å². The van der Waals surface area contributed by atoms with E-state index < -0.39 is 11.5 Å². The Kier molecular flexibility index (Phi) is 3.97. The summed E-state index contributed by atoms with van der Waals surface area (Å²) in [6.45, 7) is 7.59. The molecule has 0 aromatic heterocycles. The molecule has 0 aromatic rings. The minimum Gasteiger partial charge on any atom is -0.480 e. The van der Waals surface area contributed by atoms with Gasteiger partial charge in [0.15, 0.2) is 0 Å². The normalized spacial score (nSPS) is 31.8. The van der Waals surface area contributed by atoms with E-state index in [4.69, 9.17) is 4.74 Å². The average Bonchev–Trinajstić information content (AvgIpc) is 2.14. The minimum atomic E-state index is -0.818. The van der Waals surface area contributed by atoms with Crippen LogP contribution in [0.5, 0.6) is 0 Å². The summed E-state index contributed by atoms with van der Waals surface area (Å²) < 4.78 is 5.67. The maximum absolute atomic E-state index is 11.2. The van der Waals surface area contributed by atoms with Crippen molar-refractivity contribution in [2.45, 2.75) is 64.3 Å². The van der Waals surface area contributed by atoms with Gasteiger partial charge in [-0.15, -0.1) is 0 Å². The molecular weight excluding hydrogens is 206 g/mol. The predicted molar refractivity (Wildman–Crippen MR) is 62.5 cm³/mol. The maximum atomic E-state index is 11.2. The molecule has 1 aliphatic rings. The molecule has 2 unspecified atom stereocenters. The van der Waals surface area contributed by atoms with E-state index in [2.05, 4.69) is 0 Å². The molecule has 1 saturated heterocycles. The third-order valence-corrected chi connectivity index (χ3v) is 3.63. The van der Waals surface area contributed by atoms with Gasteiger partial charge in [-0.1, -0.05) is 0 Å². The number of rotatable bonds is 3. The maximum Gasteiger partial charge on any atom is 0.323 e. The molecule has 0 radical (unpaired) electrons. The number of hydrogen-bond donors (Lipinski definition) is 1. The van der Waals surface area contributed by atoms with Crippen LogP contribution in [-0.2, 0) is 9.53 Å². The number of likely N-dealkylation sites (N-methyl/N-ethyl adjacent to an activating group) is 1. The number of carboxylic acid groups (broad SMARTS) is 1. The standard InChI is InChI=1S/C12H23NO3/c1-8-6-10(7-9(2)16-8)13(5)12(3,4)11(14)15/h8-10H,6-7H2,1-5H3,(H,14,15). The quantitative estimate of drug-likeness (QED) is 0.801. The SMILES string of the molecule is CC1CC(N(C)C(C)(C)C(=O)O)CC(C)O1. The van der Waals surface area contributed by atoms with Gasteiger partial charge in [0.1, 0.15) is 5.54 Å². The summed E-state index contributed by atoms with van der Waals surface area (Å²) in [7, 11) is 1.89. The van der Waals surface area contributed by atoms with Crippen molar-refractivity contribution >= 4 is 5.97 Å². The Morgan fingerprint density at radius 1 is 1.31 bits per heavy atom. The van der Waals surface area contributed by atoms with Crippen molar-refractivity contribution in [3.05, 3.63) is 0 Å². The monoisotopic (exact) mass is 229 g/mol. The van der Waals surface area contributed by atoms with Gasteiger partial charge in [-0.2, -0.15) is 0 Å². The van der Waals surface area contributed by atoms with Gasteiger partial charge in [-0.3, -0.25) is 9.69 Å². The number of ether oxygens (including phenoxy) is 1. The third kappa shape index (κ3) is 2.74. The molecule has 4 nitrogen and oxygen atoms in total. The van der Waals surface area contributed by atoms with Crippen LogP contribution in [0.2, 0.25) is 0 Å². The van der Waals surface area contributed by atoms with Crippen LogP contribution in [0.1, 0.15) is 40.5 Å². The van der Waals surface area contributed by atoms with Crippen molar-refractivity contribution in [2.75, 3.05) is 7.05 Å². The summed E-state index contributed by atoms with van der Waals surface area (Å²) in [6, 6.07) is 0.282. The Bertz CT molecular complexity index is 255. The Morgan fingerprint density at radius 2 is 1.75 bits per heavy atom. The first-order chi connectivity index (χ1) is 7.25. The van der Waals surface area contributed by atoms with Crippen molar-refractivity contribution in [3.8, 4) is 0 Å². The van der Waals surface area contributed by atoms with Crippen molar-refractivity contribution in [1.82, 2.24) is 4.90 Å². The molecule has 1 rings (SSSR count). The smallest absolute Gasteiger partial charge is 0.323 e. The molecule has 2 atom stereocenters. The van der Waals surface area contributed by atoms with Gasteiger partial charge in [-0.05, 0) is 47.6 Å². The molecule has 1 N–H and O–H groups in total. The van der Waals surface area contributed by atoms with E-state index in [9.17, 15) is 9.90 Å². The highest BCUT2D eigenvalue weighted by atomic mass is 16.5. The van der Waals surface area contributed by atoms with Crippen LogP contribution in [-0.4, -0.2) is 46.8 Å². The summed E-state index contributed by atoms with van der Waals surface area (Å²) in [4.78, 5) is 13.2. The fraction of sp³-hybridized carbons (Fsp3) is 0.917. The zero-order valence-electron chi connectivity index (χ0n) is 10.9. The number of carboxylic acids is 1. The van der Waals surface area contributed by atoms with Crippen LogP contribution in [0, 0.1) is 0 Å². The van der Waals surface area contributed by atoms with Crippen LogP contribution in [0.4, 0.5) is 0 Å². The summed E-state index contributed by atoms with van der Waals surface area (Å²) in [6.07, 6.45) is 2.22. The summed E-state index contributed by atoms with van der Waals surface area (Å²) >= 11 is 0. The Labute approximate surface area is 97.6 Å². The number of nitrogens with zero attached hydrogens (tertiary/aromatic N) is 1. The second-order valence-electron chi connectivity index (χ2n) is 5.36. The minimum absolute atomic E-state index is 0.209. The van der Waals surface area contributed by atoms with Crippen molar-refractivity contribution in [3.63, 3.8) is 0 Å². The fourth-order valence-corrected chi connectivity index (χ4v) is 2.29. The molecule has 1 fully saturated rings. The van der Waals surface area contributed by atoms with Crippen molar-refractivity contribution < 1.29 is 14.6 Å². The topological polar surface area (TPSA) is 49.8 Å². The molecule has 0 bridgehead atoms. The lowest BCUT2D eigenvalue weighted by Crippen LogP contribution is -2.55. The molecule has 0 saturated carbocycles. The molecule has 0 aromatic carbocycles. The van der Waals surface area contributed by atoms with Crippen LogP contribution in [0.15, 0.2) is 0 Å². The molecule has 0 amide bonds. The van der Waals surface area contributed by atoms with Crippen LogP contribution in [0.25, 0.3) is 0 Å². The molecule has 16 heavy (non-hydrogen) atoms. The van der Waals surface area contributed by atoms with Crippen molar-refractivity contribution in [1.29, 1.82) is 0 Å². The first kappa shape index (κ1) is 13.5. The third-order valence-electron chi connectivity index (χ3n) is 3.63. The van der Waals surface area contributed by atoms with Crippen molar-refractivity contribution in [2.24, 2.45) is 0 Å². The first-order valence-electron chi connectivity index (χ1n) is 5.87. The van der Waals surface area contributed by atoms with E-state index in [0.717, 1.165) is 12.8 Å². The molecule has 0 aliphatic carbocycles. The van der Waals surface area contributed by atoms with E-state index in [1.165, 1.54) is 0 Å². The van der Waals surface area contributed by atoms with E-state index in [-0.39, 0.29) is 18.2 Å². The van der Waals surface area contributed by atoms with E-state index in [1.54, 1.807) is 13.8 Å². The van der Waals surface area contributed by atoms with E-state index >= 15 is 0 Å². The number of aliphatic carboxylic acids is 1.